The van der Waals surface area contributed by atoms with Crippen LogP contribution >= 0.6 is 0 Å². The monoisotopic (exact) mass is 427 g/mol. The van der Waals surface area contributed by atoms with Crippen molar-refractivity contribution in [3.8, 4) is 0 Å². The van der Waals surface area contributed by atoms with E-state index in [4.69, 9.17) is 0 Å². The van der Waals surface area contributed by atoms with E-state index in [0.717, 1.165) is 32.6 Å². The Balaban J connectivity index is 3.74. The molecule has 6 heteroatoms. The first-order chi connectivity index (χ1) is 14.3. The van der Waals surface area contributed by atoms with E-state index in [1.54, 1.807) is 0 Å². The number of ketones is 2. The Morgan fingerprint density at radius 1 is 0.767 bits per heavy atom. The summed E-state index contributed by atoms with van der Waals surface area (Å²) in [5, 5.41) is 30.4. The van der Waals surface area contributed by atoms with Gasteiger partial charge in [-0.25, -0.2) is 0 Å². The van der Waals surface area contributed by atoms with E-state index < -0.39 is 35.7 Å². The zero-order valence-corrected chi connectivity index (χ0v) is 19.1. The highest BCUT2D eigenvalue weighted by Crippen LogP contribution is 2.18. The van der Waals surface area contributed by atoms with E-state index in [1.165, 1.54) is 64.2 Å². The molecule has 0 heterocycles. The molecule has 2 atom stereocenters. The van der Waals surface area contributed by atoms with Gasteiger partial charge in [-0.3, -0.25) is 9.59 Å². The lowest BCUT2D eigenvalue weighted by Crippen LogP contribution is -2.56. The molecule has 0 fully saturated rings. The third kappa shape index (κ3) is 13.1. The van der Waals surface area contributed by atoms with Gasteiger partial charge in [0.1, 0.15) is 6.10 Å². The van der Waals surface area contributed by atoms with Gasteiger partial charge < -0.3 is 20.1 Å². The maximum Gasteiger partial charge on any atom is 0.170 e. The fourth-order valence-corrected chi connectivity index (χ4v) is 3.55. The van der Waals surface area contributed by atoms with Crippen molar-refractivity contribution >= 4 is 17.5 Å². The number of Topliss-reactive ketones (excluding diaryl/α,β-unsaturated/α-hetero) is 2. The maximum atomic E-state index is 12.1. The fourth-order valence-electron chi connectivity index (χ4n) is 3.55. The van der Waals surface area contributed by atoms with Crippen LogP contribution in [-0.4, -0.2) is 39.5 Å². The van der Waals surface area contributed by atoms with Crippen molar-refractivity contribution in [3.63, 3.8) is 0 Å². The predicted molar refractivity (Wildman–Crippen MR) is 116 cm³/mol. The van der Waals surface area contributed by atoms with Gasteiger partial charge in [-0.1, -0.05) is 96.8 Å². The Morgan fingerprint density at radius 3 is 1.47 bits per heavy atom. The Kier molecular flexibility index (Phi) is 16.7. The summed E-state index contributed by atoms with van der Waals surface area (Å²) in [6.45, 7) is 3.40. The molecule has 0 aromatic rings. The summed E-state index contributed by atoms with van der Waals surface area (Å²) < 4.78 is 0. The normalized spacial score (nSPS) is 14.3. The number of aliphatic hydroxyl groups is 2. The Labute approximate surface area is 182 Å². The molecule has 30 heavy (non-hydrogen) atoms. The quantitative estimate of drug-likeness (QED) is 0.213. The number of hydrogen-bond donors (Lipinski definition) is 2. The van der Waals surface area contributed by atoms with Crippen LogP contribution in [0.2, 0.25) is 0 Å². The molecule has 0 aromatic heterocycles. The van der Waals surface area contributed by atoms with Crippen LogP contribution in [0.25, 0.3) is 0 Å². The predicted octanol–water partition coefficient (Wildman–Crippen LogP) is 3.64. The first kappa shape index (κ1) is 28.7. The summed E-state index contributed by atoms with van der Waals surface area (Å²) in [5.74, 6) is -3.81. The van der Waals surface area contributed by atoms with Gasteiger partial charge in [0, 0.05) is 6.42 Å². The molecule has 2 unspecified atom stereocenters. The third-order valence-electron chi connectivity index (χ3n) is 5.70. The molecule has 176 valence electrons. The van der Waals surface area contributed by atoms with E-state index in [0.29, 0.717) is 6.42 Å². The van der Waals surface area contributed by atoms with Crippen LogP contribution in [-0.2, 0) is 14.4 Å². The van der Waals surface area contributed by atoms with E-state index in [-0.39, 0.29) is 6.42 Å². The zero-order valence-electron chi connectivity index (χ0n) is 19.1. The van der Waals surface area contributed by atoms with E-state index >= 15 is 0 Å². The van der Waals surface area contributed by atoms with Crippen LogP contribution in [0.5, 0.6) is 0 Å². The van der Waals surface area contributed by atoms with Crippen LogP contribution in [0.3, 0.4) is 0 Å². The van der Waals surface area contributed by atoms with E-state index in [2.05, 4.69) is 6.92 Å². The molecular weight excluding hydrogens is 384 g/mol. The number of rotatable bonds is 21. The summed E-state index contributed by atoms with van der Waals surface area (Å²) in [4.78, 5) is 34.8. The number of hydrogen-bond acceptors (Lipinski definition) is 6. The summed E-state index contributed by atoms with van der Waals surface area (Å²) >= 11 is 0. The van der Waals surface area contributed by atoms with Gasteiger partial charge in [0.25, 0.3) is 0 Å². The number of carbonyl (C=O) groups is 3. The van der Waals surface area contributed by atoms with Crippen LogP contribution in [0.1, 0.15) is 123 Å². The van der Waals surface area contributed by atoms with Crippen molar-refractivity contribution in [2.75, 3.05) is 0 Å². The van der Waals surface area contributed by atoms with Gasteiger partial charge in [-0.2, -0.15) is 0 Å². The highest BCUT2D eigenvalue weighted by molar-refractivity contribution is 6.09. The second kappa shape index (κ2) is 17.4. The topological polar surface area (TPSA) is 115 Å². The molecule has 0 aliphatic carbocycles. The lowest BCUT2D eigenvalue weighted by atomic mass is 9.88. The number of aliphatic hydroxyl groups excluding tert-OH is 1. The second-order valence-corrected chi connectivity index (χ2v) is 8.59. The molecule has 6 nitrogen and oxygen atoms in total. The third-order valence-corrected chi connectivity index (χ3v) is 5.70. The Hall–Kier alpha value is -1.27. The Bertz CT molecular complexity index is 488. The number of carboxylic acids is 1. The molecule has 0 radical (unpaired) electrons. The summed E-state index contributed by atoms with van der Waals surface area (Å²) in [6.07, 6.45) is 15.2. The lowest BCUT2D eigenvalue weighted by molar-refractivity contribution is -0.321. The lowest BCUT2D eigenvalue weighted by Gasteiger charge is -2.27. The Morgan fingerprint density at radius 2 is 1.13 bits per heavy atom. The maximum absolute atomic E-state index is 12.1. The molecule has 0 bridgehead atoms. The van der Waals surface area contributed by atoms with Crippen LogP contribution < -0.4 is 5.11 Å². The molecule has 0 aliphatic rings. The van der Waals surface area contributed by atoms with Gasteiger partial charge in [0.05, 0.1) is 12.4 Å². The van der Waals surface area contributed by atoms with Crippen LogP contribution in [0.4, 0.5) is 0 Å². The summed E-state index contributed by atoms with van der Waals surface area (Å²) in [7, 11) is 0. The van der Waals surface area contributed by atoms with Crippen LogP contribution in [0.15, 0.2) is 0 Å². The van der Waals surface area contributed by atoms with Crippen molar-refractivity contribution in [2.45, 2.75) is 135 Å². The van der Waals surface area contributed by atoms with Crippen molar-refractivity contribution < 1.29 is 29.7 Å². The van der Waals surface area contributed by atoms with Gasteiger partial charge in [0.2, 0.25) is 0 Å². The molecule has 0 aliphatic heterocycles. The van der Waals surface area contributed by atoms with Crippen molar-refractivity contribution in [1.82, 2.24) is 0 Å². The number of carbonyl (C=O) groups excluding carboxylic acids is 3. The average Bonchev–Trinajstić information content (AvgIpc) is 2.70. The molecule has 0 spiro atoms. The smallest absolute Gasteiger partial charge is 0.170 e. The number of aliphatic carboxylic acids is 1. The van der Waals surface area contributed by atoms with Crippen molar-refractivity contribution in [2.24, 2.45) is 0 Å². The average molecular weight is 428 g/mol. The SMILES string of the molecule is CCCCCCCCCCCCCCCCCC(=O)C(O)(CC(=O)C(C)O)C(=O)[O-]. The van der Waals surface area contributed by atoms with Crippen LogP contribution in [0, 0.1) is 0 Å². The number of unbranched alkanes of at least 4 members (excludes halogenated alkanes) is 14. The van der Waals surface area contributed by atoms with E-state index in [1.807, 2.05) is 0 Å². The van der Waals surface area contributed by atoms with Gasteiger partial charge >= 0.3 is 0 Å². The molecule has 0 saturated carbocycles. The number of carboxylic acid groups (broad SMARTS) is 1. The van der Waals surface area contributed by atoms with Gasteiger partial charge in [0.15, 0.2) is 17.2 Å². The minimum atomic E-state index is -2.84. The fraction of sp³-hybridized carbons (Fsp3) is 0.875. The summed E-state index contributed by atoms with van der Waals surface area (Å²) in [5.41, 5.74) is -2.84. The van der Waals surface area contributed by atoms with Crippen molar-refractivity contribution in [1.29, 1.82) is 0 Å². The highest BCUT2D eigenvalue weighted by Gasteiger charge is 2.39. The largest absolute Gasteiger partial charge is 0.546 e. The minimum Gasteiger partial charge on any atom is -0.546 e. The molecule has 0 saturated heterocycles. The molecule has 0 rings (SSSR count). The molecular formula is C24H43O6-. The van der Waals surface area contributed by atoms with Gasteiger partial charge in [-0.05, 0) is 13.3 Å². The summed E-state index contributed by atoms with van der Waals surface area (Å²) in [6, 6.07) is 0. The molecule has 0 aromatic carbocycles. The first-order valence-electron chi connectivity index (χ1n) is 11.9. The van der Waals surface area contributed by atoms with Crippen molar-refractivity contribution in [3.05, 3.63) is 0 Å². The second-order valence-electron chi connectivity index (χ2n) is 8.59. The van der Waals surface area contributed by atoms with E-state index in [9.17, 15) is 29.7 Å². The molecule has 0 amide bonds. The zero-order chi connectivity index (χ0) is 22.8. The first-order valence-corrected chi connectivity index (χ1v) is 11.9. The minimum absolute atomic E-state index is 0.115. The standard InChI is InChI=1S/C24H44O6/c1-3-4-5-6-7-8-9-10-11-12-13-14-15-16-17-18-22(27)24(30,23(28)29)19-21(26)20(2)25/h20,25,30H,3-19H2,1-2H3,(H,28,29)/p-1. The highest BCUT2D eigenvalue weighted by atomic mass is 16.4. The van der Waals surface area contributed by atoms with Gasteiger partial charge in [-0.15, -0.1) is 0 Å². The molecule has 2 N–H and O–H groups in total.